The van der Waals surface area contributed by atoms with E-state index in [0.717, 1.165) is 36.9 Å². The molecular formula is C19H24N4O3. The van der Waals surface area contributed by atoms with Crippen molar-refractivity contribution in [1.29, 1.82) is 0 Å². The molecule has 0 saturated heterocycles. The minimum Gasteiger partial charge on any atom is -0.480 e. The van der Waals surface area contributed by atoms with Crippen LogP contribution in [0.1, 0.15) is 60.3 Å². The van der Waals surface area contributed by atoms with Crippen molar-refractivity contribution in [2.75, 3.05) is 0 Å². The predicted molar refractivity (Wildman–Crippen MR) is 96.4 cm³/mol. The summed E-state index contributed by atoms with van der Waals surface area (Å²) >= 11 is 0. The number of aromatic nitrogens is 3. The van der Waals surface area contributed by atoms with Crippen LogP contribution in [-0.2, 0) is 4.79 Å². The molecule has 1 heterocycles. The molecule has 0 atom stereocenters. The Bertz CT molecular complexity index is 803. The van der Waals surface area contributed by atoms with Crippen LogP contribution in [0.2, 0.25) is 0 Å². The Morgan fingerprint density at radius 2 is 1.69 bits per heavy atom. The molecule has 0 unspecified atom stereocenters. The van der Waals surface area contributed by atoms with E-state index < -0.39 is 17.4 Å². The fourth-order valence-electron chi connectivity index (χ4n) is 3.47. The van der Waals surface area contributed by atoms with Gasteiger partial charge in [-0.15, -0.1) is 5.10 Å². The second-order valence-corrected chi connectivity index (χ2v) is 7.03. The molecule has 1 aromatic heterocycles. The van der Waals surface area contributed by atoms with Crippen LogP contribution in [0.15, 0.2) is 24.3 Å². The van der Waals surface area contributed by atoms with E-state index in [4.69, 9.17) is 0 Å². The van der Waals surface area contributed by atoms with Crippen LogP contribution in [0.4, 0.5) is 0 Å². The van der Waals surface area contributed by atoms with E-state index in [2.05, 4.69) is 15.6 Å². The molecule has 138 valence electrons. The van der Waals surface area contributed by atoms with E-state index in [9.17, 15) is 14.7 Å². The molecule has 7 heteroatoms. The molecule has 1 amide bonds. The van der Waals surface area contributed by atoms with Gasteiger partial charge in [0, 0.05) is 0 Å². The summed E-state index contributed by atoms with van der Waals surface area (Å²) in [5.41, 5.74) is 1.47. The molecular weight excluding hydrogens is 332 g/mol. The smallest absolute Gasteiger partial charge is 0.329 e. The maximum atomic E-state index is 12.8. The maximum absolute atomic E-state index is 12.8. The van der Waals surface area contributed by atoms with Crippen LogP contribution in [-0.4, -0.2) is 37.5 Å². The maximum Gasteiger partial charge on any atom is 0.329 e. The first kappa shape index (κ1) is 18.1. The minimum absolute atomic E-state index is 0.162. The quantitative estimate of drug-likeness (QED) is 0.821. The van der Waals surface area contributed by atoms with Gasteiger partial charge < -0.3 is 10.4 Å². The summed E-state index contributed by atoms with van der Waals surface area (Å²) in [6, 6.07) is 7.73. The van der Waals surface area contributed by atoms with E-state index in [1.54, 1.807) is 11.6 Å². The summed E-state index contributed by atoms with van der Waals surface area (Å²) in [5, 5.41) is 20.6. The number of amides is 1. The lowest BCUT2D eigenvalue weighted by atomic mass is 9.90. The second kappa shape index (κ2) is 7.27. The Hall–Kier alpha value is -2.70. The molecule has 2 aromatic rings. The summed E-state index contributed by atoms with van der Waals surface area (Å²) in [4.78, 5) is 24.6. The van der Waals surface area contributed by atoms with Gasteiger partial charge in [-0.1, -0.05) is 48.6 Å². The van der Waals surface area contributed by atoms with Gasteiger partial charge in [0.25, 0.3) is 5.91 Å². The molecule has 1 fully saturated rings. The van der Waals surface area contributed by atoms with Gasteiger partial charge in [-0.25, -0.2) is 9.48 Å². The molecule has 1 aliphatic carbocycles. The Morgan fingerprint density at radius 3 is 2.27 bits per heavy atom. The third-order valence-corrected chi connectivity index (χ3v) is 5.11. The van der Waals surface area contributed by atoms with Gasteiger partial charge in [-0.05, 0) is 38.8 Å². The first-order chi connectivity index (χ1) is 12.4. The van der Waals surface area contributed by atoms with E-state index in [1.807, 2.05) is 31.2 Å². The van der Waals surface area contributed by atoms with Crippen molar-refractivity contribution in [2.24, 2.45) is 0 Å². The van der Waals surface area contributed by atoms with Gasteiger partial charge in [-0.2, -0.15) is 0 Å². The average Bonchev–Trinajstić information content (AvgIpc) is 2.84. The molecule has 1 saturated carbocycles. The number of hydrogen-bond donors (Lipinski definition) is 2. The van der Waals surface area contributed by atoms with Crippen molar-refractivity contribution in [2.45, 2.75) is 57.9 Å². The Morgan fingerprint density at radius 1 is 1.08 bits per heavy atom. The van der Waals surface area contributed by atoms with E-state index >= 15 is 0 Å². The highest BCUT2D eigenvalue weighted by molar-refractivity contribution is 5.97. The highest BCUT2D eigenvalue weighted by Crippen LogP contribution is 2.28. The number of aryl methyl sites for hydroxylation is 1. The fraction of sp³-hybridized carbons (Fsp3) is 0.474. The lowest BCUT2D eigenvalue weighted by Gasteiger charge is -2.28. The molecule has 0 bridgehead atoms. The molecule has 7 nitrogen and oxygen atoms in total. The van der Waals surface area contributed by atoms with E-state index in [0.29, 0.717) is 18.5 Å². The highest BCUT2D eigenvalue weighted by atomic mass is 16.4. The lowest BCUT2D eigenvalue weighted by Crippen LogP contribution is -2.54. The fourth-order valence-corrected chi connectivity index (χ4v) is 3.47. The Kier molecular flexibility index (Phi) is 5.06. The molecule has 0 radical (unpaired) electrons. The summed E-state index contributed by atoms with van der Waals surface area (Å²) in [5.74, 6) is -1.46. The van der Waals surface area contributed by atoms with Crippen LogP contribution in [0.25, 0.3) is 5.69 Å². The monoisotopic (exact) mass is 356 g/mol. The van der Waals surface area contributed by atoms with Crippen LogP contribution < -0.4 is 5.32 Å². The number of rotatable bonds is 4. The highest BCUT2D eigenvalue weighted by Gasteiger charge is 2.41. The van der Waals surface area contributed by atoms with Crippen LogP contribution in [0.3, 0.4) is 0 Å². The second-order valence-electron chi connectivity index (χ2n) is 7.03. The normalized spacial score (nSPS) is 16.7. The molecule has 0 spiro atoms. The molecule has 0 aliphatic heterocycles. The molecule has 1 aliphatic rings. The van der Waals surface area contributed by atoms with Gasteiger partial charge in [-0.3, -0.25) is 4.79 Å². The number of nitrogens with one attached hydrogen (secondary N) is 1. The minimum atomic E-state index is -1.21. The summed E-state index contributed by atoms with van der Waals surface area (Å²) in [7, 11) is 0. The molecule has 3 rings (SSSR count). The summed E-state index contributed by atoms with van der Waals surface area (Å²) in [6.45, 7) is 3.75. The standard InChI is InChI=1S/C19H24N4O3/c1-13-7-9-15(10-8-13)23-14(2)16(21-22-23)17(24)20-19(18(25)26)11-5-3-4-6-12-19/h7-10H,3-6,11-12H2,1-2H3,(H,20,24)(H,25,26). The summed E-state index contributed by atoms with van der Waals surface area (Å²) < 4.78 is 1.59. The zero-order chi connectivity index (χ0) is 18.7. The van der Waals surface area contributed by atoms with Crippen molar-refractivity contribution in [3.8, 4) is 5.69 Å². The van der Waals surface area contributed by atoms with E-state index in [-0.39, 0.29) is 5.69 Å². The zero-order valence-electron chi connectivity index (χ0n) is 15.2. The number of carbonyl (C=O) groups is 2. The average molecular weight is 356 g/mol. The Balaban J connectivity index is 1.86. The largest absolute Gasteiger partial charge is 0.480 e. The van der Waals surface area contributed by atoms with Crippen LogP contribution in [0.5, 0.6) is 0 Å². The number of carbonyl (C=O) groups excluding carboxylic acids is 1. The number of hydrogen-bond acceptors (Lipinski definition) is 4. The first-order valence-electron chi connectivity index (χ1n) is 8.98. The number of carboxylic acids is 1. The zero-order valence-corrected chi connectivity index (χ0v) is 15.2. The third kappa shape index (κ3) is 3.47. The Labute approximate surface area is 152 Å². The molecule has 2 N–H and O–H groups in total. The number of nitrogens with zero attached hydrogens (tertiary/aromatic N) is 3. The van der Waals surface area contributed by atoms with Gasteiger partial charge in [0.15, 0.2) is 5.69 Å². The van der Waals surface area contributed by atoms with Gasteiger partial charge in [0.2, 0.25) is 0 Å². The number of aliphatic carboxylic acids is 1. The topological polar surface area (TPSA) is 97.1 Å². The van der Waals surface area contributed by atoms with Crippen molar-refractivity contribution in [3.05, 3.63) is 41.2 Å². The van der Waals surface area contributed by atoms with Crippen molar-refractivity contribution in [1.82, 2.24) is 20.3 Å². The predicted octanol–water partition coefficient (Wildman–Crippen LogP) is 2.79. The number of benzene rings is 1. The molecule has 26 heavy (non-hydrogen) atoms. The van der Waals surface area contributed by atoms with Crippen LogP contribution in [0, 0.1) is 13.8 Å². The lowest BCUT2D eigenvalue weighted by molar-refractivity contribution is -0.145. The number of carboxylic acid groups (broad SMARTS) is 1. The summed E-state index contributed by atoms with van der Waals surface area (Å²) in [6.07, 6.45) is 4.46. The van der Waals surface area contributed by atoms with Crippen LogP contribution >= 0.6 is 0 Å². The van der Waals surface area contributed by atoms with Gasteiger partial charge in [0.1, 0.15) is 5.54 Å². The van der Waals surface area contributed by atoms with Crippen molar-refractivity contribution in [3.63, 3.8) is 0 Å². The SMILES string of the molecule is Cc1ccc(-n2nnc(C(=O)NC3(C(=O)O)CCCCCC3)c2C)cc1. The third-order valence-electron chi connectivity index (χ3n) is 5.11. The van der Waals surface area contributed by atoms with Crippen molar-refractivity contribution >= 4 is 11.9 Å². The van der Waals surface area contributed by atoms with E-state index in [1.165, 1.54) is 0 Å². The van der Waals surface area contributed by atoms with Gasteiger partial charge in [0.05, 0.1) is 11.4 Å². The first-order valence-corrected chi connectivity index (χ1v) is 8.98. The molecule has 1 aromatic carbocycles. The van der Waals surface area contributed by atoms with Gasteiger partial charge >= 0.3 is 5.97 Å². The van der Waals surface area contributed by atoms with Crippen molar-refractivity contribution < 1.29 is 14.7 Å².